The van der Waals surface area contributed by atoms with E-state index in [4.69, 9.17) is 26.2 Å². The Morgan fingerprint density at radius 1 is 1.00 bits per heavy atom. The molecule has 0 amide bonds. The lowest BCUT2D eigenvalue weighted by Gasteiger charge is -2.02. The van der Waals surface area contributed by atoms with Gasteiger partial charge in [0, 0.05) is 27.1 Å². The van der Waals surface area contributed by atoms with Crippen molar-refractivity contribution in [3.05, 3.63) is 53.8 Å². The average Bonchev–Trinajstić information content (AvgIpc) is 3.13. The molecular weight excluding hydrogens is 302 g/mol. The molecule has 2 heterocycles. The number of furan rings is 1. The van der Waals surface area contributed by atoms with Crippen LogP contribution < -0.4 is 5.73 Å². The summed E-state index contributed by atoms with van der Waals surface area (Å²) in [6.45, 7) is 0. The third-order valence-electron chi connectivity index (χ3n) is 3.43. The average molecular weight is 312 g/mol. The van der Waals surface area contributed by atoms with E-state index >= 15 is 0 Å². The van der Waals surface area contributed by atoms with Gasteiger partial charge in [0.05, 0.1) is 6.26 Å². The van der Waals surface area contributed by atoms with Gasteiger partial charge in [-0.1, -0.05) is 34.9 Å². The first-order chi connectivity index (χ1) is 10.7. The molecule has 0 aliphatic heterocycles. The second kappa shape index (κ2) is 4.89. The van der Waals surface area contributed by atoms with Crippen molar-refractivity contribution in [2.24, 2.45) is 0 Å². The van der Waals surface area contributed by atoms with Crippen molar-refractivity contribution in [1.82, 2.24) is 10.2 Å². The van der Waals surface area contributed by atoms with E-state index in [1.165, 1.54) is 0 Å². The van der Waals surface area contributed by atoms with E-state index in [0.29, 0.717) is 10.9 Å². The molecule has 4 aromatic rings. The molecule has 0 spiro atoms. The van der Waals surface area contributed by atoms with Crippen molar-refractivity contribution >= 4 is 28.6 Å². The standard InChI is InChI=1S/C16H10ClN3O2/c17-13-4-2-1-3-10(13)12-8-21-14-6-5-9(7-11(12)14)15-19-20-16(18)22-15/h1-8H,(H2,18,20). The van der Waals surface area contributed by atoms with Crippen LogP contribution in [0.5, 0.6) is 0 Å². The van der Waals surface area contributed by atoms with Crippen molar-refractivity contribution in [2.75, 3.05) is 5.73 Å². The van der Waals surface area contributed by atoms with E-state index in [9.17, 15) is 0 Å². The summed E-state index contributed by atoms with van der Waals surface area (Å²) in [7, 11) is 0. The first kappa shape index (κ1) is 12.9. The molecular formula is C16H10ClN3O2. The lowest BCUT2D eigenvalue weighted by molar-refractivity contribution is 0.590. The van der Waals surface area contributed by atoms with E-state index in [1.807, 2.05) is 42.5 Å². The Morgan fingerprint density at radius 2 is 1.86 bits per heavy atom. The third kappa shape index (κ3) is 2.03. The first-order valence-electron chi connectivity index (χ1n) is 6.58. The predicted molar refractivity (Wildman–Crippen MR) is 84.4 cm³/mol. The molecule has 0 saturated carbocycles. The van der Waals surface area contributed by atoms with Crippen LogP contribution in [-0.2, 0) is 0 Å². The number of benzene rings is 2. The molecule has 0 radical (unpaired) electrons. The second-order valence-corrected chi connectivity index (χ2v) is 5.19. The van der Waals surface area contributed by atoms with Crippen molar-refractivity contribution in [3.63, 3.8) is 0 Å². The van der Waals surface area contributed by atoms with Crippen molar-refractivity contribution < 1.29 is 8.83 Å². The van der Waals surface area contributed by atoms with Crippen LogP contribution in [0.15, 0.2) is 57.6 Å². The van der Waals surface area contributed by atoms with Gasteiger partial charge in [-0.3, -0.25) is 0 Å². The summed E-state index contributed by atoms with van der Waals surface area (Å²) in [5, 5.41) is 9.15. The molecule has 6 heteroatoms. The van der Waals surface area contributed by atoms with Crippen molar-refractivity contribution in [1.29, 1.82) is 0 Å². The lowest BCUT2D eigenvalue weighted by atomic mass is 10.0. The molecule has 0 saturated heterocycles. The fraction of sp³-hybridized carbons (Fsp3) is 0. The minimum Gasteiger partial charge on any atom is -0.464 e. The molecule has 22 heavy (non-hydrogen) atoms. The van der Waals surface area contributed by atoms with Gasteiger partial charge in [-0.2, -0.15) is 0 Å². The molecule has 2 N–H and O–H groups in total. The Hall–Kier alpha value is -2.79. The predicted octanol–water partition coefficient (Wildman–Crippen LogP) is 4.39. The van der Waals surface area contributed by atoms with Gasteiger partial charge in [-0.05, 0) is 24.3 Å². The van der Waals surface area contributed by atoms with Gasteiger partial charge >= 0.3 is 6.01 Å². The maximum absolute atomic E-state index is 6.28. The molecule has 2 aromatic carbocycles. The zero-order valence-electron chi connectivity index (χ0n) is 11.3. The highest BCUT2D eigenvalue weighted by Crippen LogP contribution is 2.36. The molecule has 5 nitrogen and oxygen atoms in total. The van der Waals surface area contributed by atoms with E-state index < -0.39 is 0 Å². The summed E-state index contributed by atoms with van der Waals surface area (Å²) in [4.78, 5) is 0. The van der Waals surface area contributed by atoms with Crippen LogP contribution >= 0.6 is 11.6 Å². The van der Waals surface area contributed by atoms with Crippen LogP contribution in [0.25, 0.3) is 33.6 Å². The van der Waals surface area contributed by atoms with Crippen LogP contribution in [-0.4, -0.2) is 10.2 Å². The van der Waals surface area contributed by atoms with Gasteiger partial charge in [0.15, 0.2) is 0 Å². The SMILES string of the molecule is Nc1nnc(-c2ccc3occ(-c4ccccc4Cl)c3c2)o1. The fourth-order valence-corrected chi connectivity index (χ4v) is 2.64. The summed E-state index contributed by atoms with van der Waals surface area (Å²) in [5.74, 6) is 0.366. The van der Waals surface area contributed by atoms with Crippen LogP contribution in [0.2, 0.25) is 5.02 Å². The highest BCUT2D eigenvalue weighted by atomic mass is 35.5. The van der Waals surface area contributed by atoms with Gasteiger partial charge in [-0.25, -0.2) is 0 Å². The summed E-state index contributed by atoms with van der Waals surface area (Å²) in [6, 6.07) is 13.3. The molecule has 0 aliphatic rings. The highest BCUT2D eigenvalue weighted by molar-refractivity contribution is 6.33. The normalized spacial score (nSPS) is 11.1. The van der Waals surface area contributed by atoms with Crippen molar-refractivity contribution in [2.45, 2.75) is 0 Å². The van der Waals surface area contributed by atoms with Crippen LogP contribution in [0.4, 0.5) is 6.01 Å². The summed E-state index contributed by atoms with van der Waals surface area (Å²) in [6.07, 6.45) is 1.69. The monoisotopic (exact) mass is 311 g/mol. The molecule has 4 rings (SSSR count). The number of anilines is 1. The maximum Gasteiger partial charge on any atom is 0.313 e. The third-order valence-corrected chi connectivity index (χ3v) is 3.75. The molecule has 0 atom stereocenters. The zero-order chi connectivity index (χ0) is 15.1. The molecule has 0 bridgehead atoms. The van der Waals surface area contributed by atoms with Gasteiger partial charge < -0.3 is 14.6 Å². The Morgan fingerprint density at radius 3 is 2.64 bits per heavy atom. The van der Waals surface area contributed by atoms with E-state index in [0.717, 1.165) is 27.7 Å². The number of hydrogen-bond acceptors (Lipinski definition) is 5. The number of rotatable bonds is 2. The first-order valence-corrected chi connectivity index (χ1v) is 6.95. The highest BCUT2D eigenvalue weighted by Gasteiger charge is 2.14. The number of nitrogens with two attached hydrogens (primary N) is 1. The van der Waals surface area contributed by atoms with E-state index in [1.54, 1.807) is 6.26 Å². The maximum atomic E-state index is 6.28. The largest absolute Gasteiger partial charge is 0.464 e. The van der Waals surface area contributed by atoms with Crippen LogP contribution in [0.1, 0.15) is 0 Å². The summed E-state index contributed by atoms with van der Waals surface area (Å²) in [5.41, 5.74) is 8.82. The van der Waals surface area contributed by atoms with Gasteiger partial charge in [0.25, 0.3) is 0 Å². The Kier molecular flexibility index (Phi) is 2.87. The van der Waals surface area contributed by atoms with Crippen LogP contribution in [0, 0.1) is 0 Å². The lowest BCUT2D eigenvalue weighted by Crippen LogP contribution is -1.81. The number of nitrogens with zero attached hydrogens (tertiary/aromatic N) is 2. The van der Waals surface area contributed by atoms with Gasteiger partial charge in [0.2, 0.25) is 5.89 Å². The molecule has 0 unspecified atom stereocenters. The fourth-order valence-electron chi connectivity index (χ4n) is 2.40. The Bertz CT molecular complexity index is 974. The number of fused-ring (bicyclic) bond motifs is 1. The van der Waals surface area contributed by atoms with E-state index in [2.05, 4.69) is 10.2 Å². The number of hydrogen-bond donors (Lipinski definition) is 1. The van der Waals surface area contributed by atoms with Gasteiger partial charge in [-0.15, -0.1) is 5.10 Å². The zero-order valence-corrected chi connectivity index (χ0v) is 12.0. The smallest absolute Gasteiger partial charge is 0.313 e. The summed E-state index contributed by atoms with van der Waals surface area (Å²) >= 11 is 6.28. The Labute approximate surface area is 130 Å². The minimum atomic E-state index is 0.0358. The number of nitrogen functional groups attached to an aromatic ring is 1. The number of aromatic nitrogens is 2. The quantitative estimate of drug-likeness (QED) is 0.594. The number of halogens is 1. The summed E-state index contributed by atoms with van der Waals surface area (Å²) < 4.78 is 10.9. The minimum absolute atomic E-state index is 0.0358. The topological polar surface area (TPSA) is 78.1 Å². The molecule has 0 fully saturated rings. The van der Waals surface area contributed by atoms with Crippen LogP contribution in [0.3, 0.4) is 0 Å². The second-order valence-electron chi connectivity index (χ2n) is 4.79. The van der Waals surface area contributed by atoms with Crippen molar-refractivity contribution in [3.8, 4) is 22.6 Å². The van der Waals surface area contributed by atoms with Gasteiger partial charge in [0.1, 0.15) is 5.58 Å². The van der Waals surface area contributed by atoms with E-state index in [-0.39, 0.29) is 6.01 Å². The Balaban J connectivity index is 1.92. The molecule has 2 aromatic heterocycles. The molecule has 108 valence electrons. The molecule has 0 aliphatic carbocycles.